The second-order valence-corrected chi connectivity index (χ2v) is 5.36. The number of nitrogens with one attached hydrogen (secondary N) is 2. The van der Waals surface area contributed by atoms with Crippen LogP contribution in [-0.4, -0.2) is 50.6 Å². The van der Waals surface area contributed by atoms with E-state index in [2.05, 4.69) is 15.5 Å². The highest BCUT2D eigenvalue weighted by atomic mass is 16.5. The second kappa shape index (κ2) is 8.64. The van der Waals surface area contributed by atoms with E-state index in [4.69, 9.17) is 4.74 Å². The summed E-state index contributed by atoms with van der Waals surface area (Å²) in [6, 6.07) is 7.38. The summed E-state index contributed by atoms with van der Waals surface area (Å²) in [7, 11) is 1.61. The summed E-state index contributed by atoms with van der Waals surface area (Å²) >= 11 is 0. The van der Waals surface area contributed by atoms with Crippen molar-refractivity contribution in [1.82, 2.24) is 10.2 Å². The Morgan fingerprint density at radius 2 is 2.14 bits per heavy atom. The predicted molar refractivity (Wildman–Crippen MR) is 84.8 cm³/mol. The number of ether oxygens (including phenoxy) is 1. The van der Waals surface area contributed by atoms with Gasteiger partial charge in [-0.05, 0) is 57.6 Å². The summed E-state index contributed by atoms with van der Waals surface area (Å²) in [6.45, 7) is 4.82. The van der Waals surface area contributed by atoms with Crippen LogP contribution in [-0.2, 0) is 4.79 Å². The number of hydrogen-bond acceptors (Lipinski definition) is 4. The molecule has 5 nitrogen and oxygen atoms in total. The van der Waals surface area contributed by atoms with E-state index in [9.17, 15) is 4.79 Å². The average Bonchev–Trinajstić information content (AvgIpc) is 3.00. The van der Waals surface area contributed by atoms with E-state index in [0.29, 0.717) is 6.54 Å². The predicted octanol–water partition coefficient (Wildman–Crippen LogP) is 1.71. The number of carbonyl (C=O) groups excluding carboxylic acids is 1. The smallest absolute Gasteiger partial charge is 0.238 e. The molecule has 0 aliphatic carbocycles. The Morgan fingerprint density at radius 3 is 2.90 bits per heavy atom. The Kier molecular flexibility index (Phi) is 6.50. The molecule has 5 heteroatoms. The molecule has 0 saturated carbocycles. The van der Waals surface area contributed by atoms with Crippen LogP contribution in [0.3, 0.4) is 0 Å². The number of hydrogen-bond donors (Lipinski definition) is 2. The molecule has 0 atom stereocenters. The Morgan fingerprint density at radius 1 is 1.33 bits per heavy atom. The topological polar surface area (TPSA) is 53.6 Å². The fourth-order valence-electron chi connectivity index (χ4n) is 2.54. The molecule has 1 fully saturated rings. The Labute approximate surface area is 126 Å². The van der Waals surface area contributed by atoms with Crippen molar-refractivity contribution in [2.75, 3.05) is 45.2 Å². The van der Waals surface area contributed by atoms with Gasteiger partial charge in [-0.2, -0.15) is 0 Å². The normalized spacial score (nSPS) is 15.1. The fourth-order valence-corrected chi connectivity index (χ4v) is 2.54. The van der Waals surface area contributed by atoms with Gasteiger partial charge in [0.05, 0.1) is 13.7 Å². The lowest BCUT2D eigenvalue weighted by molar-refractivity contribution is -0.115. The van der Waals surface area contributed by atoms with Crippen molar-refractivity contribution >= 4 is 11.6 Å². The zero-order valence-corrected chi connectivity index (χ0v) is 12.7. The molecule has 1 saturated heterocycles. The molecular formula is C16H25N3O2. The van der Waals surface area contributed by atoms with Crippen molar-refractivity contribution in [2.24, 2.45) is 0 Å². The molecule has 0 radical (unpaired) electrons. The Bertz CT molecular complexity index is 445. The summed E-state index contributed by atoms with van der Waals surface area (Å²) in [5, 5.41) is 6.04. The molecule has 116 valence electrons. The van der Waals surface area contributed by atoms with Crippen LogP contribution in [0.25, 0.3) is 0 Å². The van der Waals surface area contributed by atoms with E-state index in [-0.39, 0.29) is 5.91 Å². The van der Waals surface area contributed by atoms with E-state index in [1.165, 1.54) is 25.9 Å². The van der Waals surface area contributed by atoms with E-state index >= 15 is 0 Å². The zero-order valence-electron chi connectivity index (χ0n) is 12.7. The maximum atomic E-state index is 11.8. The first-order chi connectivity index (χ1) is 10.3. The SMILES string of the molecule is COc1cccc(NC(=O)CNCCCN2CCCC2)c1. The van der Waals surface area contributed by atoms with E-state index in [1.54, 1.807) is 7.11 Å². The summed E-state index contributed by atoms with van der Waals surface area (Å²) in [5.41, 5.74) is 0.762. The van der Waals surface area contributed by atoms with Crippen LogP contribution in [0.1, 0.15) is 19.3 Å². The quantitative estimate of drug-likeness (QED) is 0.716. The van der Waals surface area contributed by atoms with Gasteiger partial charge >= 0.3 is 0 Å². The van der Waals surface area contributed by atoms with Crippen molar-refractivity contribution in [1.29, 1.82) is 0 Å². The molecule has 21 heavy (non-hydrogen) atoms. The van der Waals surface area contributed by atoms with Crippen LogP contribution in [0.4, 0.5) is 5.69 Å². The van der Waals surface area contributed by atoms with Gasteiger partial charge in [-0.1, -0.05) is 6.07 Å². The number of nitrogens with zero attached hydrogens (tertiary/aromatic N) is 1. The first-order valence-electron chi connectivity index (χ1n) is 7.65. The summed E-state index contributed by atoms with van der Waals surface area (Å²) in [5.74, 6) is 0.718. The minimum absolute atomic E-state index is 0.0237. The molecule has 1 aliphatic heterocycles. The monoisotopic (exact) mass is 291 g/mol. The standard InChI is InChI=1S/C16H25N3O2/c1-21-15-7-4-6-14(12-15)18-16(20)13-17-8-5-11-19-9-2-3-10-19/h4,6-7,12,17H,2-3,5,8-11,13H2,1H3,(H,18,20). The van der Waals surface area contributed by atoms with Gasteiger partial charge in [0.2, 0.25) is 5.91 Å². The van der Waals surface area contributed by atoms with Crippen LogP contribution < -0.4 is 15.4 Å². The highest BCUT2D eigenvalue weighted by Gasteiger charge is 2.10. The Balaban J connectivity index is 1.58. The first kappa shape index (κ1) is 15.8. The number of anilines is 1. The molecule has 1 heterocycles. The van der Waals surface area contributed by atoms with Crippen molar-refractivity contribution in [2.45, 2.75) is 19.3 Å². The average molecular weight is 291 g/mol. The molecule has 0 spiro atoms. The van der Waals surface area contributed by atoms with Gasteiger partial charge in [0.25, 0.3) is 0 Å². The molecule has 1 aliphatic rings. The van der Waals surface area contributed by atoms with E-state index < -0.39 is 0 Å². The number of benzene rings is 1. The van der Waals surface area contributed by atoms with Crippen molar-refractivity contribution < 1.29 is 9.53 Å². The lowest BCUT2D eigenvalue weighted by Crippen LogP contribution is -2.30. The lowest BCUT2D eigenvalue weighted by Gasteiger charge is -2.14. The van der Waals surface area contributed by atoms with Gasteiger partial charge in [0.1, 0.15) is 5.75 Å². The summed E-state index contributed by atoms with van der Waals surface area (Å²) in [6.07, 6.45) is 3.75. The molecular weight excluding hydrogens is 266 g/mol. The van der Waals surface area contributed by atoms with Crippen LogP contribution >= 0.6 is 0 Å². The molecule has 0 bridgehead atoms. The Hall–Kier alpha value is -1.59. The van der Waals surface area contributed by atoms with Crippen LogP contribution in [0, 0.1) is 0 Å². The fraction of sp³-hybridized carbons (Fsp3) is 0.562. The van der Waals surface area contributed by atoms with E-state index in [0.717, 1.165) is 30.9 Å². The largest absolute Gasteiger partial charge is 0.497 e. The van der Waals surface area contributed by atoms with Gasteiger partial charge in [-0.3, -0.25) is 4.79 Å². The van der Waals surface area contributed by atoms with Gasteiger partial charge in [-0.25, -0.2) is 0 Å². The van der Waals surface area contributed by atoms with Crippen molar-refractivity contribution in [3.05, 3.63) is 24.3 Å². The van der Waals surface area contributed by atoms with Gasteiger partial charge in [0, 0.05) is 11.8 Å². The molecule has 1 aromatic rings. The van der Waals surface area contributed by atoms with Crippen LogP contribution in [0.15, 0.2) is 24.3 Å². The van der Waals surface area contributed by atoms with Gasteiger partial charge < -0.3 is 20.3 Å². The lowest BCUT2D eigenvalue weighted by atomic mass is 10.3. The summed E-state index contributed by atoms with van der Waals surface area (Å²) in [4.78, 5) is 14.3. The number of amides is 1. The maximum absolute atomic E-state index is 11.8. The van der Waals surface area contributed by atoms with Gasteiger partial charge in [0.15, 0.2) is 0 Å². The molecule has 1 amide bonds. The highest BCUT2D eigenvalue weighted by Crippen LogP contribution is 2.16. The molecule has 2 rings (SSSR count). The van der Waals surface area contributed by atoms with E-state index in [1.807, 2.05) is 24.3 Å². The first-order valence-corrected chi connectivity index (χ1v) is 7.65. The number of methoxy groups -OCH3 is 1. The zero-order chi connectivity index (χ0) is 14.9. The van der Waals surface area contributed by atoms with Crippen LogP contribution in [0.2, 0.25) is 0 Å². The van der Waals surface area contributed by atoms with Crippen LogP contribution in [0.5, 0.6) is 5.75 Å². The maximum Gasteiger partial charge on any atom is 0.238 e. The summed E-state index contributed by atoms with van der Waals surface area (Å²) < 4.78 is 5.13. The number of carbonyl (C=O) groups is 1. The van der Waals surface area contributed by atoms with Crippen molar-refractivity contribution in [3.63, 3.8) is 0 Å². The third-order valence-electron chi connectivity index (χ3n) is 3.67. The minimum Gasteiger partial charge on any atom is -0.497 e. The molecule has 0 aromatic heterocycles. The highest BCUT2D eigenvalue weighted by molar-refractivity contribution is 5.92. The van der Waals surface area contributed by atoms with Crippen molar-refractivity contribution in [3.8, 4) is 5.75 Å². The minimum atomic E-state index is -0.0237. The molecule has 1 aromatic carbocycles. The molecule has 2 N–H and O–H groups in total. The third-order valence-corrected chi connectivity index (χ3v) is 3.67. The second-order valence-electron chi connectivity index (χ2n) is 5.36. The number of rotatable bonds is 8. The van der Waals surface area contributed by atoms with Gasteiger partial charge in [-0.15, -0.1) is 0 Å². The number of likely N-dealkylation sites (tertiary alicyclic amines) is 1. The third kappa shape index (κ3) is 5.73. The molecule has 0 unspecified atom stereocenters.